The van der Waals surface area contributed by atoms with Crippen molar-refractivity contribution >= 4 is 40.9 Å². The molecule has 5 atom stereocenters. The first-order chi connectivity index (χ1) is 25.8. The minimum absolute atomic E-state index is 0.0513. The SMILES string of the molecule is C=CCNC(=O)C(=O)C(CCC)NC(=O)[C@@H]1C[C@@H](CC)CN1C(=O)[C@@H](NC(=O)N[C@H](CN(C)c1c(N(C)C)c(=O)c1=O)C1CCCCC1)C1CCCCC1. The minimum Gasteiger partial charge on any atom is -0.373 e. The predicted octanol–water partition coefficient (Wildman–Crippen LogP) is 2.77. The lowest BCUT2D eigenvalue weighted by atomic mass is 9.83. The number of likely N-dealkylation sites (tertiary alicyclic amines) is 1. The summed E-state index contributed by atoms with van der Waals surface area (Å²) in [6.45, 7) is 8.22. The molecular weight excluding hydrogens is 690 g/mol. The van der Waals surface area contributed by atoms with E-state index in [1.54, 1.807) is 35.8 Å². The third kappa shape index (κ3) is 10.3. The van der Waals surface area contributed by atoms with E-state index < -0.39 is 52.6 Å². The van der Waals surface area contributed by atoms with Gasteiger partial charge in [0, 0.05) is 40.8 Å². The van der Waals surface area contributed by atoms with Crippen LogP contribution >= 0.6 is 0 Å². The summed E-state index contributed by atoms with van der Waals surface area (Å²) < 4.78 is 0. The second-order valence-corrected chi connectivity index (χ2v) is 15.9. The van der Waals surface area contributed by atoms with E-state index in [1.807, 2.05) is 13.8 Å². The Morgan fingerprint density at radius 1 is 0.852 bits per heavy atom. The van der Waals surface area contributed by atoms with Crippen molar-refractivity contribution in [3.05, 3.63) is 33.1 Å². The van der Waals surface area contributed by atoms with E-state index in [-0.39, 0.29) is 42.7 Å². The highest BCUT2D eigenvalue weighted by atomic mass is 16.2. The standard InChI is InChI=1S/C40H63N7O7/c1-7-16-28(34(48)38(52)41-21-8-2)42-37(51)30-22-25(9-3)23-47(30)39(53)31(27-19-14-11-15-20-27)44-40(54)43-29(26-17-12-10-13-18-26)24-46(6)33-32(45(4)5)35(49)36(33)50/h8,25-31H,2,7,9-24H2,1,3-6H3,(H,41,52)(H,42,51)(H2,43,44,54)/t25-,28?,29-,30+,31+/m1/s1. The van der Waals surface area contributed by atoms with Crippen LogP contribution in [0.5, 0.6) is 0 Å². The van der Waals surface area contributed by atoms with Crippen LogP contribution in [-0.4, -0.2) is 99.4 Å². The van der Waals surface area contributed by atoms with Crippen LogP contribution in [0.15, 0.2) is 22.2 Å². The maximum atomic E-state index is 14.7. The third-order valence-electron chi connectivity index (χ3n) is 11.8. The number of urea groups is 1. The Balaban J connectivity index is 1.55. The summed E-state index contributed by atoms with van der Waals surface area (Å²) in [4.78, 5) is 98.2. The number of ketones is 1. The molecule has 0 radical (unpaired) electrons. The van der Waals surface area contributed by atoms with Gasteiger partial charge in [0.2, 0.25) is 17.6 Å². The topological polar surface area (TPSA) is 177 Å². The normalized spacial score (nSPS) is 21.1. The van der Waals surface area contributed by atoms with Gasteiger partial charge in [-0.2, -0.15) is 0 Å². The van der Waals surface area contributed by atoms with Crippen molar-refractivity contribution < 1.29 is 24.0 Å². The van der Waals surface area contributed by atoms with Gasteiger partial charge in [-0.15, -0.1) is 6.58 Å². The fourth-order valence-corrected chi connectivity index (χ4v) is 8.70. The van der Waals surface area contributed by atoms with E-state index in [0.717, 1.165) is 70.6 Å². The Hall–Kier alpha value is -4.23. The van der Waals surface area contributed by atoms with Crippen molar-refractivity contribution in [1.82, 2.24) is 26.2 Å². The van der Waals surface area contributed by atoms with Crippen LogP contribution < -0.4 is 41.9 Å². The quantitative estimate of drug-likeness (QED) is 0.130. The Morgan fingerprint density at radius 3 is 2.04 bits per heavy atom. The smallest absolute Gasteiger partial charge is 0.315 e. The summed E-state index contributed by atoms with van der Waals surface area (Å²) in [5, 5.41) is 11.5. The summed E-state index contributed by atoms with van der Waals surface area (Å²) >= 11 is 0. The number of hydrogen-bond acceptors (Lipinski definition) is 9. The first kappa shape index (κ1) is 42.5. The van der Waals surface area contributed by atoms with E-state index in [0.29, 0.717) is 37.3 Å². The highest BCUT2D eigenvalue weighted by Gasteiger charge is 2.44. The highest BCUT2D eigenvalue weighted by molar-refractivity contribution is 6.38. The second-order valence-electron chi connectivity index (χ2n) is 15.9. The van der Waals surface area contributed by atoms with E-state index >= 15 is 0 Å². The number of anilines is 2. The van der Waals surface area contributed by atoms with Crippen LogP contribution in [0.2, 0.25) is 0 Å². The van der Waals surface area contributed by atoms with Gasteiger partial charge in [-0.05, 0) is 56.3 Å². The lowest BCUT2D eigenvalue weighted by molar-refractivity contribution is -0.143. The molecule has 5 amide bonds. The zero-order valence-corrected chi connectivity index (χ0v) is 33.0. The molecule has 1 aliphatic heterocycles. The summed E-state index contributed by atoms with van der Waals surface area (Å²) in [5.41, 5.74) is -0.358. The maximum absolute atomic E-state index is 14.7. The largest absolute Gasteiger partial charge is 0.373 e. The van der Waals surface area contributed by atoms with Gasteiger partial charge in [0.25, 0.3) is 16.8 Å². The molecule has 0 bridgehead atoms. The van der Waals surface area contributed by atoms with Crippen molar-refractivity contribution in [2.24, 2.45) is 17.8 Å². The zero-order valence-electron chi connectivity index (χ0n) is 33.0. The fourth-order valence-electron chi connectivity index (χ4n) is 8.70. The summed E-state index contributed by atoms with van der Waals surface area (Å²) in [6.07, 6.45) is 12.9. The molecule has 14 heteroatoms. The third-order valence-corrected chi connectivity index (χ3v) is 11.8. The molecule has 54 heavy (non-hydrogen) atoms. The molecule has 3 fully saturated rings. The van der Waals surface area contributed by atoms with Crippen molar-refractivity contribution in [3.63, 3.8) is 0 Å². The number of nitrogens with zero attached hydrogens (tertiary/aromatic N) is 3. The van der Waals surface area contributed by atoms with Crippen molar-refractivity contribution in [1.29, 1.82) is 0 Å². The molecule has 0 aromatic heterocycles. The van der Waals surface area contributed by atoms with Gasteiger partial charge in [0.1, 0.15) is 23.5 Å². The maximum Gasteiger partial charge on any atom is 0.315 e. The average Bonchev–Trinajstić information content (AvgIpc) is 3.62. The lowest BCUT2D eigenvalue weighted by Gasteiger charge is -2.37. The number of amides is 5. The van der Waals surface area contributed by atoms with Crippen LogP contribution in [0.25, 0.3) is 0 Å². The van der Waals surface area contributed by atoms with Gasteiger partial charge in [0.15, 0.2) is 0 Å². The van der Waals surface area contributed by atoms with Gasteiger partial charge in [0.05, 0.1) is 12.1 Å². The zero-order chi connectivity index (χ0) is 39.5. The predicted molar refractivity (Wildman–Crippen MR) is 210 cm³/mol. The molecule has 1 aromatic carbocycles. The molecular formula is C40H63N7O7. The molecule has 1 unspecified atom stereocenters. The number of rotatable bonds is 18. The van der Waals surface area contributed by atoms with E-state index in [1.165, 1.54) is 6.08 Å². The molecule has 0 spiro atoms. The first-order valence-corrected chi connectivity index (χ1v) is 20.1. The molecule has 1 aromatic rings. The molecule has 4 rings (SSSR count). The number of carbonyl (C=O) groups excluding carboxylic acids is 5. The molecule has 14 nitrogen and oxygen atoms in total. The molecule has 1 saturated heterocycles. The number of carbonyl (C=O) groups is 5. The number of Topliss-reactive ketones (excluding diaryl/α,β-unsaturated/α-hetero) is 1. The monoisotopic (exact) mass is 753 g/mol. The fraction of sp³-hybridized carbons (Fsp3) is 0.725. The van der Waals surface area contributed by atoms with Crippen LogP contribution in [0, 0.1) is 17.8 Å². The average molecular weight is 754 g/mol. The molecule has 1 heterocycles. The number of nitrogens with one attached hydrogen (secondary N) is 4. The Labute approximate surface area is 319 Å². The van der Waals surface area contributed by atoms with Gasteiger partial charge in [-0.25, -0.2) is 4.79 Å². The van der Waals surface area contributed by atoms with Gasteiger partial charge < -0.3 is 36.0 Å². The molecule has 2 aliphatic carbocycles. The van der Waals surface area contributed by atoms with Crippen molar-refractivity contribution in [2.45, 2.75) is 128 Å². The van der Waals surface area contributed by atoms with Crippen molar-refractivity contribution in [2.75, 3.05) is 50.6 Å². The number of likely N-dealkylation sites (N-methyl/N-ethyl adjacent to an activating group) is 1. The van der Waals surface area contributed by atoms with Crippen LogP contribution in [0.1, 0.15) is 104 Å². The van der Waals surface area contributed by atoms with Gasteiger partial charge in [-0.1, -0.05) is 71.3 Å². The second kappa shape index (κ2) is 19.9. The molecule has 300 valence electrons. The van der Waals surface area contributed by atoms with E-state index in [9.17, 15) is 33.6 Å². The van der Waals surface area contributed by atoms with Crippen LogP contribution in [-0.2, 0) is 19.2 Å². The summed E-state index contributed by atoms with van der Waals surface area (Å²) in [6, 6.07) is -3.58. The molecule has 3 aliphatic rings. The Morgan fingerprint density at radius 2 is 1.46 bits per heavy atom. The highest BCUT2D eigenvalue weighted by Crippen LogP contribution is 2.33. The summed E-state index contributed by atoms with van der Waals surface area (Å²) in [5.74, 6) is -2.26. The Bertz CT molecular complexity index is 1560. The minimum atomic E-state index is -1.03. The van der Waals surface area contributed by atoms with Crippen LogP contribution in [0.4, 0.5) is 16.2 Å². The van der Waals surface area contributed by atoms with E-state index in [4.69, 9.17) is 0 Å². The van der Waals surface area contributed by atoms with Gasteiger partial charge >= 0.3 is 6.03 Å². The lowest BCUT2D eigenvalue weighted by Crippen LogP contribution is -2.60. The number of hydrogen-bond donors (Lipinski definition) is 4. The van der Waals surface area contributed by atoms with Crippen molar-refractivity contribution in [3.8, 4) is 0 Å². The molecule has 2 saturated carbocycles. The van der Waals surface area contributed by atoms with E-state index in [2.05, 4.69) is 27.8 Å². The summed E-state index contributed by atoms with van der Waals surface area (Å²) in [7, 11) is 5.22. The van der Waals surface area contributed by atoms with Crippen LogP contribution in [0.3, 0.4) is 0 Å². The van der Waals surface area contributed by atoms with Gasteiger partial charge in [-0.3, -0.25) is 28.8 Å². The Kier molecular flexibility index (Phi) is 15.7. The molecule has 4 N–H and O–H groups in total. The first-order valence-electron chi connectivity index (χ1n) is 20.1.